The van der Waals surface area contributed by atoms with Crippen LogP contribution in [0, 0.1) is 5.92 Å². The Morgan fingerprint density at radius 1 is 1.26 bits per heavy atom. The predicted octanol–water partition coefficient (Wildman–Crippen LogP) is 3.18. The molecule has 0 amide bonds. The van der Waals surface area contributed by atoms with E-state index in [1.54, 1.807) is 0 Å². The van der Waals surface area contributed by atoms with Gasteiger partial charge < -0.3 is 10.6 Å². The van der Waals surface area contributed by atoms with E-state index in [0.29, 0.717) is 12.5 Å². The van der Waals surface area contributed by atoms with Gasteiger partial charge in [-0.05, 0) is 18.4 Å². The lowest BCUT2D eigenvalue weighted by Crippen LogP contribution is -2.22. The van der Waals surface area contributed by atoms with Gasteiger partial charge in [0.1, 0.15) is 0 Å². The Bertz CT molecular complexity index is 549. The number of para-hydroxylation sites is 1. The van der Waals surface area contributed by atoms with E-state index in [1.807, 2.05) is 12.3 Å². The van der Waals surface area contributed by atoms with Gasteiger partial charge in [0.25, 0.3) is 0 Å². The van der Waals surface area contributed by atoms with Crippen LogP contribution < -0.4 is 10.6 Å². The Labute approximate surface area is 115 Å². The van der Waals surface area contributed by atoms with Crippen LogP contribution in [0.4, 0.5) is 5.69 Å². The van der Waals surface area contributed by atoms with Gasteiger partial charge >= 0.3 is 0 Å². The number of rotatable bonds is 5. The van der Waals surface area contributed by atoms with Crippen molar-refractivity contribution in [3.8, 4) is 0 Å². The van der Waals surface area contributed by atoms with E-state index in [2.05, 4.69) is 49.0 Å². The smallest absolute Gasteiger partial charge is 0.0723 e. The van der Waals surface area contributed by atoms with Crippen LogP contribution in [0.15, 0.2) is 30.5 Å². The van der Waals surface area contributed by atoms with Gasteiger partial charge in [0, 0.05) is 37.3 Å². The Balaban J connectivity index is 2.43. The number of nitrogens with zero attached hydrogens (tertiary/aromatic N) is 2. The summed E-state index contributed by atoms with van der Waals surface area (Å²) in [5.41, 5.74) is 9.25. The fraction of sp³-hybridized carbons (Fsp3) is 0.438. The molecule has 0 aliphatic heterocycles. The lowest BCUT2D eigenvalue weighted by Gasteiger charge is -2.24. The molecule has 0 saturated heterocycles. The van der Waals surface area contributed by atoms with Crippen molar-refractivity contribution in [3.63, 3.8) is 0 Å². The molecule has 3 heteroatoms. The molecule has 0 saturated carbocycles. The molecule has 1 heterocycles. The zero-order valence-corrected chi connectivity index (χ0v) is 12.1. The first-order valence-corrected chi connectivity index (χ1v) is 6.91. The van der Waals surface area contributed by atoms with Crippen molar-refractivity contribution in [2.75, 3.05) is 18.5 Å². The van der Waals surface area contributed by atoms with Crippen LogP contribution >= 0.6 is 0 Å². The van der Waals surface area contributed by atoms with Gasteiger partial charge in [-0.25, -0.2) is 0 Å². The second kappa shape index (κ2) is 6.02. The molecule has 1 aromatic heterocycles. The first kappa shape index (κ1) is 13.8. The summed E-state index contributed by atoms with van der Waals surface area (Å²) in [6.07, 6.45) is 3.08. The lowest BCUT2D eigenvalue weighted by molar-refractivity contribution is 0.585. The van der Waals surface area contributed by atoms with Crippen LogP contribution in [0.3, 0.4) is 0 Å². The maximum absolute atomic E-state index is 5.87. The van der Waals surface area contributed by atoms with Crippen LogP contribution in [0.2, 0.25) is 0 Å². The number of fused-ring (bicyclic) bond motifs is 1. The molecule has 102 valence electrons. The van der Waals surface area contributed by atoms with Crippen LogP contribution in [0.25, 0.3) is 10.9 Å². The average Bonchev–Trinajstić information content (AvgIpc) is 2.43. The molecule has 2 N–H and O–H groups in total. The van der Waals surface area contributed by atoms with Gasteiger partial charge in [-0.3, -0.25) is 4.98 Å². The average molecular weight is 257 g/mol. The molecule has 0 radical (unpaired) electrons. The largest absolute Gasteiger partial charge is 0.374 e. The summed E-state index contributed by atoms with van der Waals surface area (Å²) < 4.78 is 0. The third-order valence-corrected chi connectivity index (χ3v) is 3.47. The quantitative estimate of drug-likeness (QED) is 0.894. The van der Waals surface area contributed by atoms with Gasteiger partial charge in [0.2, 0.25) is 0 Å². The Morgan fingerprint density at radius 2 is 2.00 bits per heavy atom. The summed E-state index contributed by atoms with van der Waals surface area (Å²) in [5.74, 6) is 0.705. The van der Waals surface area contributed by atoms with E-state index < -0.39 is 0 Å². The summed E-state index contributed by atoms with van der Waals surface area (Å²) in [5, 5.41) is 1.19. The van der Waals surface area contributed by atoms with Crippen molar-refractivity contribution in [1.82, 2.24) is 4.98 Å². The van der Waals surface area contributed by atoms with Gasteiger partial charge in [-0.15, -0.1) is 0 Å². The number of hydrogen-bond donors (Lipinski definition) is 1. The first-order valence-electron chi connectivity index (χ1n) is 6.91. The molecule has 2 rings (SSSR count). The van der Waals surface area contributed by atoms with E-state index in [1.165, 1.54) is 17.5 Å². The maximum Gasteiger partial charge on any atom is 0.0723 e. The zero-order valence-electron chi connectivity index (χ0n) is 12.1. The highest BCUT2D eigenvalue weighted by molar-refractivity contribution is 5.93. The van der Waals surface area contributed by atoms with E-state index in [0.717, 1.165) is 17.6 Å². The summed E-state index contributed by atoms with van der Waals surface area (Å²) in [4.78, 5) is 6.80. The monoisotopic (exact) mass is 257 g/mol. The molecular formula is C16H23N3. The van der Waals surface area contributed by atoms with Gasteiger partial charge in [0.15, 0.2) is 0 Å². The standard InChI is InChI=1S/C16H23N3/c1-12(2)8-9-19(3)16-13(10-17)11-18-15-7-5-4-6-14(15)16/h4-7,11-12H,8-10,17H2,1-3H3. The highest BCUT2D eigenvalue weighted by Crippen LogP contribution is 2.28. The minimum absolute atomic E-state index is 0.527. The van der Waals surface area contributed by atoms with Crippen LogP contribution in [-0.4, -0.2) is 18.6 Å². The molecule has 2 aromatic rings. The van der Waals surface area contributed by atoms with Crippen LogP contribution in [0.1, 0.15) is 25.8 Å². The van der Waals surface area contributed by atoms with Gasteiger partial charge in [-0.1, -0.05) is 32.0 Å². The molecular weight excluding hydrogens is 234 g/mol. The number of benzene rings is 1. The summed E-state index contributed by atoms with van der Waals surface area (Å²) in [6, 6.07) is 8.26. The van der Waals surface area contributed by atoms with E-state index in [4.69, 9.17) is 5.73 Å². The van der Waals surface area contributed by atoms with Gasteiger partial charge in [-0.2, -0.15) is 0 Å². The summed E-state index contributed by atoms with van der Waals surface area (Å²) in [6.45, 7) is 6.07. The molecule has 19 heavy (non-hydrogen) atoms. The fourth-order valence-electron chi connectivity index (χ4n) is 2.33. The first-order chi connectivity index (χ1) is 9.13. The molecule has 0 aliphatic rings. The van der Waals surface area contributed by atoms with Crippen molar-refractivity contribution in [1.29, 1.82) is 0 Å². The summed E-state index contributed by atoms with van der Waals surface area (Å²) >= 11 is 0. The van der Waals surface area contributed by atoms with Crippen molar-refractivity contribution >= 4 is 16.6 Å². The number of aromatic nitrogens is 1. The Morgan fingerprint density at radius 3 is 2.68 bits per heavy atom. The SMILES string of the molecule is CC(C)CCN(C)c1c(CN)cnc2ccccc12. The lowest BCUT2D eigenvalue weighted by atomic mass is 10.1. The van der Waals surface area contributed by atoms with Crippen molar-refractivity contribution in [2.24, 2.45) is 11.7 Å². The van der Waals surface area contributed by atoms with E-state index in [9.17, 15) is 0 Å². The minimum Gasteiger partial charge on any atom is -0.374 e. The Hall–Kier alpha value is -1.61. The normalized spacial score (nSPS) is 11.2. The zero-order chi connectivity index (χ0) is 13.8. The predicted molar refractivity (Wildman–Crippen MR) is 82.4 cm³/mol. The molecule has 0 fully saturated rings. The number of anilines is 1. The van der Waals surface area contributed by atoms with Crippen molar-refractivity contribution in [2.45, 2.75) is 26.8 Å². The highest BCUT2D eigenvalue weighted by Gasteiger charge is 2.12. The topological polar surface area (TPSA) is 42.1 Å². The van der Waals surface area contributed by atoms with Gasteiger partial charge in [0.05, 0.1) is 11.2 Å². The van der Waals surface area contributed by atoms with Crippen LogP contribution in [0.5, 0.6) is 0 Å². The highest BCUT2D eigenvalue weighted by atomic mass is 15.1. The third kappa shape index (κ3) is 3.04. The van der Waals surface area contributed by atoms with Crippen molar-refractivity contribution < 1.29 is 0 Å². The second-order valence-corrected chi connectivity index (χ2v) is 5.46. The molecule has 0 atom stereocenters. The molecule has 0 bridgehead atoms. The molecule has 3 nitrogen and oxygen atoms in total. The number of pyridine rings is 1. The third-order valence-electron chi connectivity index (χ3n) is 3.47. The minimum atomic E-state index is 0.527. The second-order valence-electron chi connectivity index (χ2n) is 5.46. The van der Waals surface area contributed by atoms with Crippen LogP contribution in [-0.2, 0) is 6.54 Å². The van der Waals surface area contributed by atoms with Crippen molar-refractivity contribution in [3.05, 3.63) is 36.0 Å². The van der Waals surface area contributed by atoms with E-state index in [-0.39, 0.29) is 0 Å². The maximum atomic E-state index is 5.87. The fourth-order valence-corrected chi connectivity index (χ4v) is 2.33. The number of hydrogen-bond acceptors (Lipinski definition) is 3. The molecule has 0 aliphatic carbocycles. The molecule has 0 unspecified atom stereocenters. The summed E-state index contributed by atoms with van der Waals surface area (Å²) in [7, 11) is 2.14. The number of nitrogens with two attached hydrogens (primary N) is 1. The molecule has 0 spiro atoms. The van der Waals surface area contributed by atoms with E-state index >= 15 is 0 Å². The molecule has 1 aromatic carbocycles. The Kier molecular flexibility index (Phi) is 4.38.